The van der Waals surface area contributed by atoms with Crippen molar-refractivity contribution in [3.05, 3.63) is 47.8 Å². The molecule has 0 unspecified atom stereocenters. The number of aromatic nitrogens is 2. The van der Waals surface area contributed by atoms with Crippen LogP contribution in [0, 0.1) is 13.8 Å². The van der Waals surface area contributed by atoms with E-state index in [4.69, 9.17) is 0 Å². The predicted octanol–water partition coefficient (Wildman–Crippen LogP) is 4.81. The van der Waals surface area contributed by atoms with Crippen molar-refractivity contribution in [1.29, 1.82) is 0 Å². The molecule has 0 amide bonds. The summed E-state index contributed by atoms with van der Waals surface area (Å²) in [6.45, 7) is 12.1. The van der Waals surface area contributed by atoms with Gasteiger partial charge in [0, 0.05) is 18.0 Å². The van der Waals surface area contributed by atoms with Gasteiger partial charge in [0.05, 0.1) is 0 Å². The second-order valence-electron chi connectivity index (χ2n) is 3.45. The van der Waals surface area contributed by atoms with Gasteiger partial charge in [-0.15, -0.1) is 0 Å². The molecule has 2 rings (SSSR count). The van der Waals surface area contributed by atoms with Gasteiger partial charge in [-0.3, -0.25) is 0 Å². The molecule has 2 aromatic rings. The Labute approximate surface area is 111 Å². The van der Waals surface area contributed by atoms with Gasteiger partial charge in [-0.05, 0) is 19.4 Å². The van der Waals surface area contributed by atoms with Crippen LogP contribution in [0.15, 0.2) is 36.7 Å². The Balaban J connectivity index is 0.000000659. The summed E-state index contributed by atoms with van der Waals surface area (Å²) in [7, 11) is 0. The van der Waals surface area contributed by atoms with E-state index in [0.717, 1.165) is 17.0 Å². The lowest BCUT2D eigenvalue weighted by Gasteiger charge is -2.00. The Kier molecular flexibility index (Phi) is 8.46. The number of hydrogen-bond donors (Lipinski definition) is 0. The quantitative estimate of drug-likeness (QED) is 0.719. The van der Waals surface area contributed by atoms with Gasteiger partial charge in [-0.2, -0.15) is 0 Å². The molecule has 0 fully saturated rings. The molecule has 1 heterocycles. The largest absolute Gasteiger partial charge is 0.236 e. The van der Waals surface area contributed by atoms with Gasteiger partial charge in [-0.25, -0.2) is 9.97 Å². The van der Waals surface area contributed by atoms with Crippen molar-refractivity contribution in [2.24, 2.45) is 0 Å². The molecule has 18 heavy (non-hydrogen) atoms. The molecule has 0 spiro atoms. The van der Waals surface area contributed by atoms with E-state index in [1.165, 1.54) is 5.56 Å². The van der Waals surface area contributed by atoms with E-state index in [9.17, 15) is 0 Å². The lowest BCUT2D eigenvalue weighted by Crippen LogP contribution is -1.88. The molecule has 0 saturated heterocycles. The molecule has 1 aromatic carbocycles. The van der Waals surface area contributed by atoms with Crippen LogP contribution in [0.3, 0.4) is 0 Å². The second kappa shape index (κ2) is 9.34. The first kappa shape index (κ1) is 16.3. The van der Waals surface area contributed by atoms with Crippen LogP contribution in [0.1, 0.15) is 38.8 Å². The summed E-state index contributed by atoms with van der Waals surface area (Å²) in [4.78, 5) is 8.53. The number of hydrogen-bond acceptors (Lipinski definition) is 2. The average Bonchev–Trinajstić information content (AvgIpc) is 2.45. The minimum Gasteiger partial charge on any atom is -0.236 e. The molecule has 0 saturated carbocycles. The standard InChI is InChI=1S/C12H12N2.2C2H6/c1-9-3-5-11(6-4-9)12-13-7-10(2)8-14-12;2*1-2/h3-8H,1-2H3;2*1-2H3. The van der Waals surface area contributed by atoms with Gasteiger partial charge in [0.2, 0.25) is 0 Å². The van der Waals surface area contributed by atoms with Gasteiger partial charge < -0.3 is 0 Å². The van der Waals surface area contributed by atoms with Crippen LogP contribution in [0.2, 0.25) is 0 Å². The predicted molar refractivity (Wildman–Crippen MR) is 79.6 cm³/mol. The summed E-state index contributed by atoms with van der Waals surface area (Å²) >= 11 is 0. The second-order valence-corrected chi connectivity index (χ2v) is 3.45. The van der Waals surface area contributed by atoms with E-state index in [1.807, 2.05) is 59.1 Å². The first-order chi connectivity index (χ1) is 8.75. The van der Waals surface area contributed by atoms with E-state index in [2.05, 4.69) is 29.0 Å². The topological polar surface area (TPSA) is 25.8 Å². The fourth-order valence-electron chi connectivity index (χ4n) is 1.24. The molecule has 0 aliphatic carbocycles. The zero-order valence-corrected chi connectivity index (χ0v) is 12.4. The van der Waals surface area contributed by atoms with Crippen molar-refractivity contribution in [2.45, 2.75) is 41.5 Å². The maximum Gasteiger partial charge on any atom is 0.159 e. The Bertz CT molecular complexity index is 372. The fourth-order valence-corrected chi connectivity index (χ4v) is 1.24. The summed E-state index contributed by atoms with van der Waals surface area (Å²) in [5.41, 5.74) is 3.40. The number of aryl methyl sites for hydroxylation is 2. The SMILES string of the molecule is CC.CC.Cc1ccc(-c2ncc(C)cn2)cc1. The van der Waals surface area contributed by atoms with Crippen molar-refractivity contribution in [1.82, 2.24) is 9.97 Å². The van der Waals surface area contributed by atoms with E-state index in [-0.39, 0.29) is 0 Å². The van der Waals surface area contributed by atoms with Crippen LogP contribution < -0.4 is 0 Å². The lowest BCUT2D eigenvalue weighted by atomic mass is 10.1. The van der Waals surface area contributed by atoms with Crippen molar-refractivity contribution < 1.29 is 0 Å². The molecule has 98 valence electrons. The maximum absolute atomic E-state index is 4.27. The first-order valence-corrected chi connectivity index (χ1v) is 6.61. The maximum atomic E-state index is 4.27. The Hall–Kier alpha value is -1.70. The van der Waals surface area contributed by atoms with Gasteiger partial charge in [-0.1, -0.05) is 57.5 Å². The van der Waals surface area contributed by atoms with Crippen molar-refractivity contribution in [3.8, 4) is 11.4 Å². The highest BCUT2D eigenvalue weighted by atomic mass is 14.9. The van der Waals surface area contributed by atoms with Crippen molar-refractivity contribution in [2.75, 3.05) is 0 Å². The third-order valence-electron chi connectivity index (χ3n) is 2.09. The van der Waals surface area contributed by atoms with Gasteiger partial charge >= 0.3 is 0 Å². The fraction of sp³-hybridized carbons (Fsp3) is 0.375. The van der Waals surface area contributed by atoms with Gasteiger partial charge in [0.15, 0.2) is 5.82 Å². The highest BCUT2D eigenvalue weighted by Gasteiger charge is 1.98. The third-order valence-corrected chi connectivity index (χ3v) is 2.09. The Morgan fingerprint density at radius 3 is 1.56 bits per heavy atom. The zero-order valence-electron chi connectivity index (χ0n) is 12.4. The van der Waals surface area contributed by atoms with E-state index < -0.39 is 0 Å². The summed E-state index contributed by atoms with van der Waals surface area (Å²) in [5.74, 6) is 0.788. The smallest absolute Gasteiger partial charge is 0.159 e. The van der Waals surface area contributed by atoms with Crippen molar-refractivity contribution in [3.63, 3.8) is 0 Å². The van der Waals surface area contributed by atoms with Crippen molar-refractivity contribution >= 4 is 0 Å². The molecule has 0 N–H and O–H groups in total. The van der Waals surface area contributed by atoms with Crippen LogP contribution in [-0.2, 0) is 0 Å². The Morgan fingerprint density at radius 1 is 0.667 bits per heavy atom. The van der Waals surface area contributed by atoms with Crippen LogP contribution in [0.25, 0.3) is 11.4 Å². The lowest BCUT2D eigenvalue weighted by molar-refractivity contribution is 1.14. The average molecular weight is 244 g/mol. The van der Waals surface area contributed by atoms with E-state index >= 15 is 0 Å². The number of benzene rings is 1. The van der Waals surface area contributed by atoms with Crippen LogP contribution >= 0.6 is 0 Å². The minimum absolute atomic E-state index is 0.788. The monoisotopic (exact) mass is 244 g/mol. The molecule has 2 heteroatoms. The summed E-state index contributed by atoms with van der Waals surface area (Å²) in [6.07, 6.45) is 3.67. The molecule has 0 radical (unpaired) electrons. The normalized spacial score (nSPS) is 8.56. The number of nitrogens with zero attached hydrogens (tertiary/aromatic N) is 2. The highest BCUT2D eigenvalue weighted by Crippen LogP contribution is 2.14. The van der Waals surface area contributed by atoms with E-state index in [0.29, 0.717) is 0 Å². The molecular formula is C16H24N2. The third kappa shape index (κ3) is 5.09. The zero-order chi connectivity index (χ0) is 14.0. The highest BCUT2D eigenvalue weighted by molar-refractivity contribution is 5.54. The summed E-state index contributed by atoms with van der Waals surface area (Å²) < 4.78 is 0. The summed E-state index contributed by atoms with van der Waals surface area (Å²) in [5, 5.41) is 0. The molecule has 0 bridgehead atoms. The Morgan fingerprint density at radius 2 is 1.11 bits per heavy atom. The van der Waals surface area contributed by atoms with Crippen LogP contribution in [0.5, 0.6) is 0 Å². The minimum atomic E-state index is 0.788. The molecule has 0 atom stereocenters. The number of rotatable bonds is 1. The summed E-state index contributed by atoms with van der Waals surface area (Å²) in [6, 6.07) is 8.22. The molecular weight excluding hydrogens is 220 g/mol. The molecule has 1 aromatic heterocycles. The molecule has 0 aliphatic rings. The van der Waals surface area contributed by atoms with Gasteiger partial charge in [0.25, 0.3) is 0 Å². The van der Waals surface area contributed by atoms with E-state index in [1.54, 1.807) is 0 Å². The first-order valence-electron chi connectivity index (χ1n) is 6.61. The van der Waals surface area contributed by atoms with Crippen LogP contribution in [0.4, 0.5) is 0 Å². The van der Waals surface area contributed by atoms with Crippen LogP contribution in [-0.4, -0.2) is 9.97 Å². The van der Waals surface area contributed by atoms with Gasteiger partial charge in [0.1, 0.15) is 0 Å². The molecule has 0 aliphatic heterocycles. The molecule has 2 nitrogen and oxygen atoms in total.